The minimum Gasteiger partial charge on any atom is -0.308 e. The molecule has 0 saturated carbocycles. The Morgan fingerprint density at radius 2 is 1.78 bits per heavy atom. The predicted octanol–water partition coefficient (Wildman–Crippen LogP) is 4.80. The van der Waals surface area contributed by atoms with Crippen LogP contribution in [0.15, 0.2) is 78.3 Å². The molecule has 1 amide bonds. The van der Waals surface area contributed by atoms with Crippen molar-refractivity contribution >= 4 is 22.9 Å². The summed E-state index contributed by atoms with van der Waals surface area (Å²) >= 11 is 1.60. The van der Waals surface area contributed by atoms with E-state index in [-0.39, 0.29) is 5.91 Å². The molecule has 0 saturated heterocycles. The van der Waals surface area contributed by atoms with Gasteiger partial charge in [0.2, 0.25) is 0 Å². The van der Waals surface area contributed by atoms with E-state index in [4.69, 9.17) is 5.10 Å². The lowest BCUT2D eigenvalue weighted by molar-refractivity contribution is 0.0990. The van der Waals surface area contributed by atoms with Crippen LogP contribution in [0.3, 0.4) is 0 Å². The van der Waals surface area contributed by atoms with Crippen molar-refractivity contribution in [2.75, 3.05) is 11.4 Å². The fourth-order valence-electron chi connectivity index (χ4n) is 3.53. The van der Waals surface area contributed by atoms with E-state index in [1.165, 1.54) is 5.56 Å². The van der Waals surface area contributed by atoms with E-state index in [2.05, 4.69) is 6.07 Å². The molecule has 3 heterocycles. The van der Waals surface area contributed by atoms with Crippen LogP contribution in [0.5, 0.6) is 0 Å². The Labute approximate surface area is 161 Å². The molecule has 0 N–H and O–H groups in total. The predicted molar refractivity (Wildman–Crippen MR) is 109 cm³/mol. The number of amides is 1. The summed E-state index contributed by atoms with van der Waals surface area (Å²) in [5.74, 6) is 0.00512. The van der Waals surface area contributed by atoms with Crippen LogP contribution >= 0.6 is 11.3 Å². The van der Waals surface area contributed by atoms with Gasteiger partial charge in [-0.1, -0.05) is 42.5 Å². The van der Waals surface area contributed by atoms with E-state index < -0.39 is 0 Å². The van der Waals surface area contributed by atoms with Crippen molar-refractivity contribution < 1.29 is 4.79 Å². The van der Waals surface area contributed by atoms with E-state index in [9.17, 15) is 4.79 Å². The number of rotatable bonds is 3. The van der Waals surface area contributed by atoms with Gasteiger partial charge in [0.25, 0.3) is 5.91 Å². The van der Waals surface area contributed by atoms with Crippen molar-refractivity contribution in [3.63, 3.8) is 0 Å². The Morgan fingerprint density at radius 3 is 2.59 bits per heavy atom. The van der Waals surface area contributed by atoms with Gasteiger partial charge in [0.15, 0.2) is 0 Å². The number of hydrogen-bond acceptors (Lipinski definition) is 3. The standard InChI is InChI=1S/C22H17N3OS/c26-22(24-13-12-16-7-4-5-10-19(16)24)18-15-25(17-8-2-1-3-9-17)23-21(18)20-11-6-14-27-20/h1-11,14-15H,12-13H2. The van der Waals surface area contributed by atoms with Crippen molar-refractivity contribution in [2.45, 2.75) is 6.42 Å². The van der Waals surface area contributed by atoms with Gasteiger partial charge in [-0.2, -0.15) is 5.10 Å². The van der Waals surface area contributed by atoms with Crippen molar-refractivity contribution in [1.82, 2.24) is 9.78 Å². The van der Waals surface area contributed by atoms with Gasteiger partial charge >= 0.3 is 0 Å². The topological polar surface area (TPSA) is 38.1 Å². The van der Waals surface area contributed by atoms with E-state index in [1.807, 2.05) is 77.1 Å². The van der Waals surface area contributed by atoms with Gasteiger partial charge in [-0.3, -0.25) is 4.79 Å². The molecule has 1 aliphatic rings. The zero-order chi connectivity index (χ0) is 18.2. The average Bonchev–Trinajstić information content (AvgIpc) is 3.46. The van der Waals surface area contributed by atoms with Crippen molar-refractivity contribution in [2.24, 2.45) is 0 Å². The van der Waals surface area contributed by atoms with Gasteiger partial charge in [-0.15, -0.1) is 11.3 Å². The van der Waals surface area contributed by atoms with Crippen LogP contribution in [0, 0.1) is 0 Å². The summed E-state index contributed by atoms with van der Waals surface area (Å²) in [6, 6.07) is 22.0. The highest BCUT2D eigenvalue weighted by atomic mass is 32.1. The van der Waals surface area contributed by atoms with Crippen molar-refractivity contribution in [1.29, 1.82) is 0 Å². The van der Waals surface area contributed by atoms with E-state index in [0.717, 1.165) is 28.4 Å². The van der Waals surface area contributed by atoms with Gasteiger partial charge in [-0.25, -0.2) is 4.68 Å². The first-order valence-electron chi connectivity index (χ1n) is 8.90. The summed E-state index contributed by atoms with van der Waals surface area (Å²) in [5, 5.41) is 6.76. The molecule has 132 valence electrons. The van der Waals surface area contributed by atoms with Gasteiger partial charge < -0.3 is 4.90 Å². The molecule has 27 heavy (non-hydrogen) atoms. The SMILES string of the molecule is O=C(c1cn(-c2ccccc2)nc1-c1cccs1)N1CCc2ccccc21. The summed E-state index contributed by atoms with van der Waals surface area (Å²) < 4.78 is 1.80. The molecule has 0 fully saturated rings. The minimum atomic E-state index is 0.00512. The largest absolute Gasteiger partial charge is 0.308 e. The minimum absolute atomic E-state index is 0.00512. The molecular weight excluding hydrogens is 354 g/mol. The summed E-state index contributed by atoms with van der Waals surface area (Å²) in [5.41, 5.74) is 4.54. The molecule has 5 heteroatoms. The molecule has 5 rings (SSSR count). The normalized spacial score (nSPS) is 13.0. The Balaban J connectivity index is 1.61. The first-order valence-corrected chi connectivity index (χ1v) is 9.78. The number of carbonyl (C=O) groups is 1. The second kappa shape index (κ2) is 6.52. The summed E-state index contributed by atoms with van der Waals surface area (Å²) in [6.45, 7) is 0.707. The van der Waals surface area contributed by atoms with Gasteiger partial charge in [0, 0.05) is 18.4 Å². The first kappa shape index (κ1) is 16.0. The summed E-state index contributed by atoms with van der Waals surface area (Å²) in [6.07, 6.45) is 2.75. The fourth-order valence-corrected chi connectivity index (χ4v) is 4.26. The van der Waals surface area contributed by atoms with E-state index in [0.29, 0.717) is 12.1 Å². The molecule has 0 spiro atoms. The Morgan fingerprint density at radius 1 is 0.963 bits per heavy atom. The van der Waals surface area contributed by atoms with Crippen LogP contribution < -0.4 is 4.90 Å². The third kappa shape index (κ3) is 2.76. The molecule has 0 unspecified atom stereocenters. The lowest BCUT2D eigenvalue weighted by atomic mass is 10.1. The monoisotopic (exact) mass is 371 g/mol. The fraction of sp³-hybridized carbons (Fsp3) is 0.0909. The van der Waals surface area contributed by atoms with E-state index >= 15 is 0 Å². The van der Waals surface area contributed by atoms with Crippen LogP contribution in [-0.4, -0.2) is 22.2 Å². The average molecular weight is 371 g/mol. The number of benzene rings is 2. The highest BCUT2D eigenvalue weighted by molar-refractivity contribution is 7.13. The number of para-hydroxylation sites is 2. The molecule has 0 bridgehead atoms. The second-order valence-electron chi connectivity index (χ2n) is 6.48. The lowest BCUT2D eigenvalue weighted by Crippen LogP contribution is -2.29. The van der Waals surface area contributed by atoms with Crippen LogP contribution in [-0.2, 0) is 6.42 Å². The zero-order valence-electron chi connectivity index (χ0n) is 14.6. The third-order valence-corrected chi connectivity index (χ3v) is 5.73. The highest BCUT2D eigenvalue weighted by Gasteiger charge is 2.29. The number of aromatic nitrogens is 2. The molecule has 0 radical (unpaired) electrons. The molecule has 2 aromatic carbocycles. The second-order valence-corrected chi connectivity index (χ2v) is 7.43. The number of thiophene rings is 1. The number of fused-ring (bicyclic) bond motifs is 1. The molecule has 0 atom stereocenters. The maximum Gasteiger partial charge on any atom is 0.262 e. The van der Waals surface area contributed by atoms with E-state index in [1.54, 1.807) is 16.0 Å². The summed E-state index contributed by atoms with van der Waals surface area (Å²) in [4.78, 5) is 16.3. The highest BCUT2D eigenvalue weighted by Crippen LogP contribution is 2.33. The van der Waals surface area contributed by atoms with Gasteiger partial charge in [-0.05, 0) is 41.6 Å². The molecule has 4 nitrogen and oxygen atoms in total. The van der Waals surface area contributed by atoms with Crippen LogP contribution in [0.4, 0.5) is 5.69 Å². The summed E-state index contributed by atoms with van der Waals surface area (Å²) in [7, 11) is 0. The molecular formula is C22H17N3OS. The number of carbonyl (C=O) groups excluding carboxylic acids is 1. The Bertz CT molecular complexity index is 1100. The van der Waals surface area contributed by atoms with Crippen LogP contribution in [0.1, 0.15) is 15.9 Å². The molecule has 1 aliphatic heterocycles. The van der Waals surface area contributed by atoms with Crippen molar-refractivity contribution in [3.05, 3.63) is 89.4 Å². The Hall–Kier alpha value is -3.18. The number of anilines is 1. The molecule has 4 aromatic rings. The quantitative estimate of drug-likeness (QED) is 0.519. The maximum atomic E-state index is 13.4. The van der Waals surface area contributed by atoms with Crippen LogP contribution in [0.2, 0.25) is 0 Å². The number of nitrogens with zero attached hydrogens (tertiary/aromatic N) is 3. The smallest absolute Gasteiger partial charge is 0.262 e. The maximum absolute atomic E-state index is 13.4. The van der Waals surface area contributed by atoms with Crippen LogP contribution in [0.25, 0.3) is 16.3 Å². The molecule has 2 aromatic heterocycles. The van der Waals surface area contributed by atoms with Gasteiger partial charge in [0.05, 0.1) is 16.1 Å². The number of hydrogen-bond donors (Lipinski definition) is 0. The first-order chi connectivity index (χ1) is 13.3. The van der Waals surface area contributed by atoms with Gasteiger partial charge in [0.1, 0.15) is 5.69 Å². The van der Waals surface area contributed by atoms with Crippen molar-refractivity contribution in [3.8, 4) is 16.3 Å². The Kier molecular flexibility index (Phi) is 3.87. The zero-order valence-corrected chi connectivity index (χ0v) is 15.4. The lowest BCUT2D eigenvalue weighted by Gasteiger charge is -2.16. The molecule has 0 aliphatic carbocycles. The third-order valence-electron chi connectivity index (χ3n) is 4.85.